The van der Waals surface area contributed by atoms with Gasteiger partial charge < -0.3 is 23.4 Å². The summed E-state index contributed by atoms with van der Waals surface area (Å²) < 4.78 is 74.2. The van der Waals surface area contributed by atoms with Crippen molar-refractivity contribution in [2.45, 2.75) is 45.9 Å². The molecule has 0 radical (unpaired) electrons. The molecule has 4 heterocycles. The second kappa shape index (κ2) is 11.2. The number of ether oxygens (including phenoxy) is 4. The maximum absolute atomic E-state index is 15.7. The van der Waals surface area contributed by atoms with Crippen molar-refractivity contribution in [3.63, 3.8) is 0 Å². The highest BCUT2D eigenvalue weighted by Crippen LogP contribution is 2.46. The van der Waals surface area contributed by atoms with Crippen LogP contribution in [0.3, 0.4) is 0 Å². The Kier molecular flexibility index (Phi) is 7.80. The maximum atomic E-state index is 15.7. The van der Waals surface area contributed by atoms with Gasteiger partial charge >= 0.3 is 6.09 Å². The molecule has 0 bridgehead atoms. The molecule has 4 aromatic rings. The Labute approximate surface area is 239 Å². The number of aromatic nitrogens is 3. The first-order valence-electron chi connectivity index (χ1n) is 13.3. The summed E-state index contributed by atoms with van der Waals surface area (Å²) in [6.07, 6.45) is 0.381. The fourth-order valence-electron chi connectivity index (χ4n) is 4.95. The van der Waals surface area contributed by atoms with E-state index in [-0.39, 0.29) is 58.3 Å². The van der Waals surface area contributed by atoms with E-state index in [0.29, 0.717) is 24.8 Å². The van der Waals surface area contributed by atoms with E-state index in [1.807, 2.05) is 6.92 Å². The van der Waals surface area contributed by atoms with Crippen molar-refractivity contribution in [1.82, 2.24) is 19.7 Å². The summed E-state index contributed by atoms with van der Waals surface area (Å²) in [6, 6.07) is 2.92. The molecule has 13 heteroatoms. The number of furan rings is 1. The number of benzene rings is 1. The Hall–Kier alpha value is -4.26. The number of amides is 1. The normalized spacial score (nSPS) is 15.2. The van der Waals surface area contributed by atoms with Gasteiger partial charge in [0.1, 0.15) is 47.2 Å². The lowest BCUT2D eigenvalue weighted by Gasteiger charge is -2.35. The van der Waals surface area contributed by atoms with Crippen molar-refractivity contribution in [2.75, 3.05) is 34.0 Å². The van der Waals surface area contributed by atoms with Gasteiger partial charge in [0.15, 0.2) is 11.4 Å². The SMILES string of the molecule is COCCOc1cc(F)cc(F)c1-c1c(-c2cc3n(n2)CCN(C(=O)OC(C)(C)C)[C@@H]3C)nc(OC)c2occ(F)c12. The minimum atomic E-state index is -1.01. The van der Waals surface area contributed by atoms with Crippen molar-refractivity contribution < 1.29 is 41.3 Å². The van der Waals surface area contributed by atoms with E-state index in [1.54, 1.807) is 36.4 Å². The van der Waals surface area contributed by atoms with E-state index < -0.39 is 35.2 Å². The number of nitrogens with zero attached hydrogens (tertiary/aromatic N) is 4. The fourth-order valence-corrected chi connectivity index (χ4v) is 4.95. The first-order valence-corrected chi connectivity index (χ1v) is 13.3. The van der Waals surface area contributed by atoms with Crippen LogP contribution < -0.4 is 9.47 Å². The minimum Gasteiger partial charge on any atom is -0.490 e. The number of fused-ring (bicyclic) bond motifs is 2. The standard InChI is InChI=1S/C29H31F3N4O6/c1-15-20-13-19(34-36(20)8-7-35(15)28(37)42-29(2,3)4)25-24(23-18(32)14-41-26(23)27(33-25)39-6)22-17(31)11-16(30)12-21(22)40-10-9-38-5/h11-15H,7-10H2,1-6H3/t15-/m1/s1. The smallest absolute Gasteiger partial charge is 0.410 e. The van der Waals surface area contributed by atoms with Crippen molar-refractivity contribution in [1.29, 1.82) is 0 Å². The van der Waals surface area contributed by atoms with Crippen molar-refractivity contribution in [3.05, 3.63) is 47.6 Å². The van der Waals surface area contributed by atoms with E-state index in [9.17, 15) is 9.18 Å². The Bertz CT molecular complexity index is 1640. The second-order valence-corrected chi connectivity index (χ2v) is 10.8. The summed E-state index contributed by atoms with van der Waals surface area (Å²) in [5.74, 6) is -2.96. The van der Waals surface area contributed by atoms with Gasteiger partial charge in [0, 0.05) is 31.4 Å². The predicted octanol–water partition coefficient (Wildman–Crippen LogP) is 6.12. The van der Waals surface area contributed by atoms with Crippen LogP contribution in [0.5, 0.6) is 11.6 Å². The molecule has 0 fully saturated rings. The topological polar surface area (TPSA) is 101 Å². The van der Waals surface area contributed by atoms with Crippen molar-refractivity contribution in [3.8, 4) is 34.1 Å². The molecule has 0 saturated heterocycles. The summed E-state index contributed by atoms with van der Waals surface area (Å²) >= 11 is 0. The molecule has 0 aliphatic carbocycles. The van der Waals surface area contributed by atoms with E-state index in [2.05, 4.69) is 10.1 Å². The number of hydrogen-bond donors (Lipinski definition) is 0. The largest absolute Gasteiger partial charge is 0.490 e. The van der Waals surface area contributed by atoms with Crippen molar-refractivity contribution in [2.24, 2.45) is 0 Å². The summed E-state index contributed by atoms with van der Waals surface area (Å²) in [7, 11) is 2.79. The first kappa shape index (κ1) is 29.2. The van der Waals surface area contributed by atoms with Gasteiger partial charge in [0.05, 0.1) is 42.9 Å². The Morgan fingerprint density at radius 3 is 2.52 bits per heavy atom. The fraction of sp³-hybridized carbons (Fsp3) is 0.414. The highest BCUT2D eigenvalue weighted by Gasteiger charge is 2.34. The molecule has 0 N–H and O–H groups in total. The van der Waals surface area contributed by atoms with Gasteiger partial charge in [0.2, 0.25) is 0 Å². The van der Waals surface area contributed by atoms with E-state index in [0.717, 1.165) is 12.3 Å². The van der Waals surface area contributed by atoms with E-state index in [1.165, 1.54) is 14.2 Å². The van der Waals surface area contributed by atoms with Gasteiger partial charge in [-0.05, 0) is 33.8 Å². The second-order valence-electron chi connectivity index (χ2n) is 10.8. The third-order valence-electron chi connectivity index (χ3n) is 6.78. The molecule has 0 unspecified atom stereocenters. The molecular formula is C29H31F3N4O6. The van der Waals surface area contributed by atoms with Crippen LogP contribution in [0.25, 0.3) is 33.5 Å². The molecule has 10 nitrogen and oxygen atoms in total. The average molecular weight is 589 g/mol. The first-order chi connectivity index (χ1) is 19.9. The van der Waals surface area contributed by atoms with Crippen LogP contribution in [0.15, 0.2) is 28.9 Å². The quantitative estimate of drug-likeness (QED) is 0.238. The highest BCUT2D eigenvalue weighted by atomic mass is 19.1. The molecule has 0 saturated carbocycles. The van der Waals surface area contributed by atoms with Crippen LogP contribution in [0, 0.1) is 17.5 Å². The molecule has 3 aromatic heterocycles. The zero-order chi connectivity index (χ0) is 30.3. The molecule has 0 spiro atoms. The Morgan fingerprint density at radius 2 is 1.83 bits per heavy atom. The summed E-state index contributed by atoms with van der Waals surface area (Å²) in [5.41, 5.74) is -0.121. The van der Waals surface area contributed by atoms with E-state index >= 15 is 8.78 Å². The molecule has 1 aromatic carbocycles. The lowest BCUT2D eigenvalue weighted by atomic mass is 9.96. The number of pyridine rings is 1. The molecular weight excluding hydrogens is 557 g/mol. The molecule has 1 aliphatic rings. The third kappa shape index (κ3) is 5.36. The third-order valence-corrected chi connectivity index (χ3v) is 6.78. The molecule has 42 heavy (non-hydrogen) atoms. The maximum Gasteiger partial charge on any atom is 0.410 e. The number of hydrogen-bond acceptors (Lipinski definition) is 8. The lowest BCUT2D eigenvalue weighted by Crippen LogP contribution is -2.43. The Morgan fingerprint density at radius 1 is 1.07 bits per heavy atom. The highest BCUT2D eigenvalue weighted by molar-refractivity contribution is 6.04. The van der Waals surface area contributed by atoms with Gasteiger partial charge in [-0.2, -0.15) is 5.10 Å². The van der Waals surface area contributed by atoms with Gasteiger partial charge in [-0.25, -0.2) is 22.9 Å². The van der Waals surface area contributed by atoms with E-state index in [4.69, 9.17) is 23.4 Å². The van der Waals surface area contributed by atoms with Gasteiger partial charge in [-0.15, -0.1) is 0 Å². The molecule has 1 atom stereocenters. The molecule has 1 aliphatic heterocycles. The van der Waals surface area contributed by atoms with Crippen LogP contribution in [0.4, 0.5) is 18.0 Å². The van der Waals surface area contributed by atoms with Crippen LogP contribution in [-0.4, -0.2) is 65.3 Å². The molecule has 224 valence electrons. The molecule has 1 amide bonds. The number of carbonyl (C=O) groups excluding carboxylic acids is 1. The number of methoxy groups -OCH3 is 2. The minimum absolute atomic E-state index is 0.0287. The van der Waals surface area contributed by atoms with Crippen LogP contribution >= 0.6 is 0 Å². The Balaban J connectivity index is 1.71. The van der Waals surface area contributed by atoms with Crippen LogP contribution in [0.1, 0.15) is 39.4 Å². The van der Waals surface area contributed by atoms with Gasteiger partial charge in [-0.1, -0.05) is 0 Å². The number of carbonyl (C=O) groups is 1. The zero-order valence-electron chi connectivity index (χ0n) is 24.1. The summed E-state index contributed by atoms with van der Waals surface area (Å²) in [6.45, 7) is 7.97. The predicted molar refractivity (Wildman–Crippen MR) is 146 cm³/mol. The monoisotopic (exact) mass is 588 g/mol. The van der Waals surface area contributed by atoms with Gasteiger partial charge in [0.25, 0.3) is 5.88 Å². The average Bonchev–Trinajstić information content (AvgIpc) is 3.52. The molecule has 5 rings (SSSR count). The zero-order valence-corrected chi connectivity index (χ0v) is 24.1. The lowest BCUT2D eigenvalue weighted by molar-refractivity contribution is 0.0120. The summed E-state index contributed by atoms with van der Waals surface area (Å²) in [4.78, 5) is 19.0. The summed E-state index contributed by atoms with van der Waals surface area (Å²) in [5, 5.41) is 4.54. The van der Waals surface area contributed by atoms with Crippen LogP contribution in [0.2, 0.25) is 0 Å². The number of rotatable bonds is 7. The van der Waals surface area contributed by atoms with Crippen LogP contribution in [-0.2, 0) is 16.0 Å². The van der Waals surface area contributed by atoms with Gasteiger partial charge in [-0.3, -0.25) is 9.58 Å². The van der Waals surface area contributed by atoms with Crippen molar-refractivity contribution >= 4 is 17.1 Å². The number of halogens is 3.